The van der Waals surface area contributed by atoms with Crippen LogP contribution in [0.1, 0.15) is 47.4 Å². The summed E-state index contributed by atoms with van der Waals surface area (Å²) in [4.78, 5) is 44.3. The zero-order chi connectivity index (χ0) is 24.1. The predicted molar refractivity (Wildman–Crippen MR) is 133 cm³/mol. The largest absolute Gasteiger partial charge is 0.367 e. The Bertz CT molecular complexity index is 1030. The average molecular weight is 464 g/mol. The average Bonchev–Trinajstić information content (AvgIpc) is 3.39. The molecule has 2 N–H and O–H groups in total. The van der Waals surface area contributed by atoms with Gasteiger partial charge < -0.3 is 25.3 Å². The second-order valence-corrected chi connectivity index (χ2v) is 9.13. The molecule has 0 atom stereocenters. The van der Waals surface area contributed by atoms with Crippen molar-refractivity contribution in [1.82, 2.24) is 15.1 Å². The molecule has 2 aromatic carbocycles. The normalized spacial score (nSPS) is 16.0. The summed E-state index contributed by atoms with van der Waals surface area (Å²) in [6.07, 6.45) is 2.02. The second-order valence-electron chi connectivity index (χ2n) is 9.13. The van der Waals surface area contributed by atoms with Gasteiger partial charge in [0.2, 0.25) is 0 Å². The van der Waals surface area contributed by atoms with Crippen LogP contribution in [0.5, 0.6) is 0 Å². The summed E-state index contributed by atoms with van der Waals surface area (Å²) in [5.41, 5.74) is 2.59. The number of benzene rings is 2. The maximum atomic E-state index is 13.4. The van der Waals surface area contributed by atoms with Crippen molar-refractivity contribution in [1.29, 1.82) is 0 Å². The van der Waals surface area contributed by atoms with E-state index >= 15 is 0 Å². The van der Waals surface area contributed by atoms with Gasteiger partial charge in [0.25, 0.3) is 11.8 Å². The van der Waals surface area contributed by atoms with Crippen LogP contribution in [0.4, 0.5) is 16.2 Å². The van der Waals surface area contributed by atoms with Gasteiger partial charge in [0.15, 0.2) is 0 Å². The van der Waals surface area contributed by atoms with Crippen LogP contribution in [-0.4, -0.2) is 73.0 Å². The van der Waals surface area contributed by atoms with Crippen molar-refractivity contribution in [2.24, 2.45) is 0 Å². The summed E-state index contributed by atoms with van der Waals surface area (Å²) in [6, 6.07) is 14.6. The molecule has 2 saturated heterocycles. The highest BCUT2D eigenvalue weighted by Gasteiger charge is 2.27. The molecule has 0 radical (unpaired) electrons. The van der Waals surface area contributed by atoms with Crippen molar-refractivity contribution in [2.45, 2.75) is 32.7 Å². The van der Waals surface area contributed by atoms with Crippen molar-refractivity contribution < 1.29 is 14.4 Å². The molecule has 4 rings (SSSR count). The number of amides is 4. The summed E-state index contributed by atoms with van der Waals surface area (Å²) in [7, 11) is 0. The molecule has 2 aliphatic heterocycles. The Hall–Kier alpha value is -3.55. The zero-order valence-corrected chi connectivity index (χ0v) is 19.9. The van der Waals surface area contributed by atoms with Gasteiger partial charge in [0.1, 0.15) is 0 Å². The number of likely N-dealkylation sites (tertiary alicyclic amines) is 1. The molecule has 0 aromatic heterocycles. The van der Waals surface area contributed by atoms with E-state index in [1.807, 2.05) is 54.0 Å². The second kappa shape index (κ2) is 10.6. The molecule has 8 heteroatoms. The lowest BCUT2D eigenvalue weighted by molar-refractivity contribution is 0.0792. The van der Waals surface area contributed by atoms with E-state index in [9.17, 15) is 14.4 Å². The quantitative estimate of drug-likeness (QED) is 0.712. The van der Waals surface area contributed by atoms with Crippen LogP contribution in [0.15, 0.2) is 48.5 Å². The number of anilines is 2. The van der Waals surface area contributed by atoms with E-state index in [2.05, 4.69) is 15.5 Å². The molecule has 2 aliphatic rings. The van der Waals surface area contributed by atoms with Crippen molar-refractivity contribution in [3.63, 3.8) is 0 Å². The van der Waals surface area contributed by atoms with Gasteiger partial charge in [0, 0.05) is 62.2 Å². The van der Waals surface area contributed by atoms with Gasteiger partial charge in [-0.2, -0.15) is 0 Å². The van der Waals surface area contributed by atoms with Crippen molar-refractivity contribution in [2.75, 3.05) is 49.5 Å². The number of rotatable bonds is 5. The van der Waals surface area contributed by atoms with Gasteiger partial charge in [-0.3, -0.25) is 9.59 Å². The molecule has 0 aliphatic carbocycles. The van der Waals surface area contributed by atoms with Crippen LogP contribution >= 0.6 is 0 Å². The van der Waals surface area contributed by atoms with Crippen LogP contribution < -0.4 is 15.5 Å². The first-order valence-electron chi connectivity index (χ1n) is 12.0. The molecule has 4 amide bonds. The Morgan fingerprint density at radius 1 is 0.824 bits per heavy atom. The number of hydrogen-bond acceptors (Lipinski definition) is 4. The van der Waals surface area contributed by atoms with Crippen LogP contribution in [0.25, 0.3) is 0 Å². The molecule has 2 aromatic rings. The molecule has 0 unspecified atom stereocenters. The van der Waals surface area contributed by atoms with Gasteiger partial charge >= 0.3 is 6.03 Å². The minimum atomic E-state index is -0.210. The number of urea groups is 1. The molecular formula is C26H33N5O3. The highest BCUT2D eigenvalue weighted by molar-refractivity contribution is 6.06. The minimum Gasteiger partial charge on any atom is -0.367 e. The van der Waals surface area contributed by atoms with Gasteiger partial charge in [-0.1, -0.05) is 18.2 Å². The van der Waals surface area contributed by atoms with Crippen LogP contribution in [0.2, 0.25) is 0 Å². The van der Waals surface area contributed by atoms with Crippen LogP contribution in [0, 0.1) is 0 Å². The van der Waals surface area contributed by atoms with E-state index in [1.165, 1.54) is 0 Å². The molecule has 0 saturated carbocycles. The molecule has 0 spiro atoms. The smallest absolute Gasteiger partial charge is 0.317 e. The number of carbonyl (C=O) groups excluding carboxylic acids is 3. The number of nitrogens with zero attached hydrogens (tertiary/aromatic N) is 3. The Labute approximate surface area is 200 Å². The first kappa shape index (κ1) is 23.6. The maximum absolute atomic E-state index is 13.4. The zero-order valence-electron chi connectivity index (χ0n) is 19.9. The third-order valence-electron chi connectivity index (χ3n) is 6.23. The van der Waals surface area contributed by atoms with Crippen LogP contribution in [-0.2, 0) is 0 Å². The van der Waals surface area contributed by atoms with E-state index in [-0.39, 0.29) is 23.9 Å². The van der Waals surface area contributed by atoms with Gasteiger partial charge in [-0.15, -0.1) is 0 Å². The lowest BCUT2D eigenvalue weighted by atomic mass is 10.1. The van der Waals surface area contributed by atoms with Crippen molar-refractivity contribution in [3.8, 4) is 0 Å². The SMILES string of the molecule is CC(C)NC(=O)N1CCN(c2ccc(NC(=O)c3ccccc3)cc2C(=O)N2CCCC2)CC1. The number of carbonyl (C=O) groups is 3. The predicted octanol–water partition coefficient (Wildman–Crippen LogP) is 3.41. The highest BCUT2D eigenvalue weighted by Crippen LogP contribution is 2.28. The monoisotopic (exact) mass is 463 g/mol. The van der Waals surface area contributed by atoms with Gasteiger partial charge in [-0.25, -0.2) is 4.79 Å². The Morgan fingerprint density at radius 3 is 2.15 bits per heavy atom. The molecule has 34 heavy (non-hydrogen) atoms. The lowest BCUT2D eigenvalue weighted by Crippen LogP contribution is -2.53. The summed E-state index contributed by atoms with van der Waals surface area (Å²) in [5, 5.41) is 5.87. The third kappa shape index (κ3) is 5.50. The fourth-order valence-electron chi connectivity index (χ4n) is 4.43. The van der Waals surface area contributed by atoms with Crippen molar-refractivity contribution >= 4 is 29.2 Å². The Balaban J connectivity index is 1.54. The topological polar surface area (TPSA) is 85.0 Å². The first-order valence-corrected chi connectivity index (χ1v) is 12.0. The maximum Gasteiger partial charge on any atom is 0.317 e. The van der Waals surface area contributed by atoms with Crippen molar-refractivity contribution in [3.05, 3.63) is 59.7 Å². The van der Waals surface area contributed by atoms with E-state index in [0.717, 1.165) is 31.6 Å². The number of hydrogen-bond donors (Lipinski definition) is 2. The lowest BCUT2D eigenvalue weighted by Gasteiger charge is -2.37. The summed E-state index contributed by atoms with van der Waals surface area (Å²) in [5.74, 6) is -0.221. The minimum absolute atomic E-state index is 0.0108. The van der Waals surface area contributed by atoms with Gasteiger partial charge in [0.05, 0.1) is 5.56 Å². The fourth-order valence-corrected chi connectivity index (χ4v) is 4.43. The number of piperazine rings is 1. The summed E-state index contributed by atoms with van der Waals surface area (Å²) >= 11 is 0. The summed E-state index contributed by atoms with van der Waals surface area (Å²) in [6.45, 7) is 7.85. The standard InChI is InChI=1S/C26H33N5O3/c1-19(2)27-26(34)31-16-14-29(15-17-31)23-11-10-21(28-24(32)20-8-4-3-5-9-20)18-22(23)25(33)30-12-6-7-13-30/h3-5,8-11,18-19H,6-7,12-17H2,1-2H3,(H,27,34)(H,28,32). The molecule has 2 fully saturated rings. The van der Waals surface area contributed by atoms with Crippen LogP contribution in [0.3, 0.4) is 0 Å². The highest BCUT2D eigenvalue weighted by atomic mass is 16.2. The molecule has 0 bridgehead atoms. The molecule has 2 heterocycles. The number of nitrogens with one attached hydrogen (secondary N) is 2. The van der Waals surface area contributed by atoms with Gasteiger partial charge in [-0.05, 0) is 57.0 Å². The Kier molecular flexibility index (Phi) is 7.35. The van der Waals surface area contributed by atoms with E-state index in [0.29, 0.717) is 43.0 Å². The molecule has 8 nitrogen and oxygen atoms in total. The molecular weight excluding hydrogens is 430 g/mol. The first-order chi connectivity index (χ1) is 16.4. The van der Waals surface area contributed by atoms with E-state index in [4.69, 9.17) is 0 Å². The van der Waals surface area contributed by atoms with E-state index < -0.39 is 0 Å². The summed E-state index contributed by atoms with van der Waals surface area (Å²) < 4.78 is 0. The molecule has 180 valence electrons. The Morgan fingerprint density at radius 2 is 1.50 bits per heavy atom. The third-order valence-corrected chi connectivity index (χ3v) is 6.23. The fraction of sp³-hybridized carbons (Fsp3) is 0.423. The van der Waals surface area contributed by atoms with E-state index in [1.54, 1.807) is 18.2 Å².